The highest BCUT2D eigenvalue weighted by Crippen LogP contribution is 2.45. The molecule has 3 heteroatoms. The molecular weight excluding hydrogens is 685 g/mol. The van der Waals surface area contributed by atoms with Crippen LogP contribution >= 0.6 is 11.3 Å². The molecule has 0 radical (unpaired) electrons. The molecule has 0 aliphatic carbocycles. The minimum absolute atomic E-state index is 1.18. The number of nitrogens with zero attached hydrogens (tertiary/aromatic N) is 2. The van der Waals surface area contributed by atoms with E-state index in [1.165, 1.54) is 118 Å². The van der Waals surface area contributed by atoms with Gasteiger partial charge in [-0.1, -0.05) is 121 Å². The molecule has 0 saturated heterocycles. The van der Waals surface area contributed by atoms with E-state index in [9.17, 15) is 0 Å². The van der Waals surface area contributed by atoms with Crippen LogP contribution < -0.4 is 0 Å². The number of thiophene rings is 1. The highest BCUT2D eigenvalue weighted by atomic mass is 32.1. The van der Waals surface area contributed by atoms with Crippen molar-refractivity contribution in [3.63, 3.8) is 0 Å². The maximum Gasteiger partial charge on any atom is 0.0619 e. The van der Waals surface area contributed by atoms with Gasteiger partial charge in [-0.25, -0.2) is 0 Å². The van der Waals surface area contributed by atoms with Crippen molar-refractivity contribution in [1.82, 2.24) is 8.97 Å². The predicted octanol–water partition coefficient (Wildman–Crippen LogP) is 14.8. The van der Waals surface area contributed by atoms with Crippen LogP contribution in [0.1, 0.15) is 0 Å². The van der Waals surface area contributed by atoms with Gasteiger partial charge in [0.1, 0.15) is 0 Å². The summed E-state index contributed by atoms with van der Waals surface area (Å²) in [5, 5.41) is 15.4. The molecule has 13 aromatic rings. The first kappa shape index (κ1) is 29.5. The second kappa shape index (κ2) is 10.8. The summed E-state index contributed by atoms with van der Waals surface area (Å²) in [4.78, 5) is 0. The van der Waals surface area contributed by atoms with Crippen LogP contribution in [0.3, 0.4) is 0 Å². The van der Waals surface area contributed by atoms with Crippen LogP contribution in [-0.4, -0.2) is 8.97 Å². The van der Waals surface area contributed by atoms with E-state index >= 15 is 0 Å². The summed E-state index contributed by atoms with van der Waals surface area (Å²) >= 11 is 1.90. The van der Waals surface area contributed by atoms with Crippen molar-refractivity contribution in [3.05, 3.63) is 182 Å². The van der Waals surface area contributed by atoms with E-state index in [1.54, 1.807) is 0 Å². The van der Waals surface area contributed by atoms with E-state index in [0.717, 1.165) is 0 Å². The topological polar surface area (TPSA) is 9.34 Å². The average Bonchev–Trinajstić information content (AvgIpc) is 3.91. The second-order valence-corrected chi connectivity index (χ2v) is 15.9. The summed E-state index contributed by atoms with van der Waals surface area (Å²) in [7, 11) is 0. The number of hydrogen-bond donors (Lipinski definition) is 0. The molecular formula is C52H30N2S. The van der Waals surface area contributed by atoms with Crippen LogP contribution in [0.4, 0.5) is 0 Å². The minimum Gasteiger partial charge on any atom is -0.309 e. The molecule has 2 nitrogen and oxygen atoms in total. The molecule has 0 spiro atoms. The van der Waals surface area contributed by atoms with Crippen molar-refractivity contribution >= 4 is 113 Å². The molecule has 0 aliphatic heterocycles. The number of rotatable bonds is 2. The van der Waals surface area contributed by atoms with E-state index < -0.39 is 0 Å². The molecule has 0 bridgehead atoms. The maximum absolute atomic E-state index is 2.53. The molecule has 0 amide bonds. The standard InChI is InChI=1S/C52H30N2S/c1-2-11-32-28-35(25-22-31(32)10-1)53-44-18-5-4-13-37(44)42-29-33(23-26-46(42)53)34-24-27-47-43(30-34)41-17-7-16-40-39-15-9-21-49-51(39)50-38(14-8-20-48(50)55-49)36-12-3-6-19-45(36)54(47)52(40)41/h1-30H. The summed E-state index contributed by atoms with van der Waals surface area (Å²) in [6.07, 6.45) is 0. The van der Waals surface area contributed by atoms with Crippen LogP contribution in [0.5, 0.6) is 0 Å². The fraction of sp³-hybridized carbons (Fsp3) is 0. The first-order valence-corrected chi connectivity index (χ1v) is 19.7. The van der Waals surface area contributed by atoms with E-state index in [0.29, 0.717) is 0 Å². The number of aromatic nitrogens is 2. The van der Waals surface area contributed by atoms with Gasteiger partial charge < -0.3 is 8.97 Å². The number of fused-ring (bicyclic) bond motifs is 11. The fourth-order valence-electron chi connectivity index (χ4n) is 9.67. The highest BCUT2D eigenvalue weighted by Gasteiger charge is 2.19. The average molecular weight is 715 g/mol. The summed E-state index contributed by atoms with van der Waals surface area (Å²) in [5.74, 6) is 0. The zero-order valence-corrected chi connectivity index (χ0v) is 30.4. The summed E-state index contributed by atoms with van der Waals surface area (Å²) < 4.78 is 7.62. The molecule has 0 fully saturated rings. The van der Waals surface area contributed by atoms with Gasteiger partial charge in [-0.3, -0.25) is 0 Å². The van der Waals surface area contributed by atoms with Crippen LogP contribution in [0.2, 0.25) is 0 Å². The van der Waals surface area contributed by atoms with Crippen LogP contribution in [0, 0.1) is 0 Å². The third-order valence-electron chi connectivity index (χ3n) is 12.0. The molecule has 0 aliphatic rings. The predicted molar refractivity (Wildman–Crippen MR) is 238 cm³/mol. The minimum atomic E-state index is 1.18. The lowest BCUT2D eigenvalue weighted by atomic mass is 9.99. The van der Waals surface area contributed by atoms with Gasteiger partial charge >= 0.3 is 0 Å². The molecule has 0 saturated carbocycles. The van der Waals surface area contributed by atoms with Crippen molar-refractivity contribution in [2.75, 3.05) is 0 Å². The van der Waals surface area contributed by atoms with Gasteiger partial charge in [0.2, 0.25) is 0 Å². The molecule has 4 heterocycles. The van der Waals surface area contributed by atoms with E-state index in [1.807, 2.05) is 11.3 Å². The van der Waals surface area contributed by atoms with Gasteiger partial charge in [0, 0.05) is 58.2 Å². The number of benzene rings is 9. The molecule has 4 aromatic heterocycles. The number of para-hydroxylation sites is 3. The van der Waals surface area contributed by atoms with Gasteiger partial charge in [-0.05, 0) is 93.3 Å². The Kier molecular flexibility index (Phi) is 5.80. The first-order valence-electron chi connectivity index (χ1n) is 18.9. The third kappa shape index (κ3) is 3.97. The molecule has 13 rings (SSSR count). The van der Waals surface area contributed by atoms with Crippen molar-refractivity contribution < 1.29 is 0 Å². The van der Waals surface area contributed by atoms with Gasteiger partial charge in [0.25, 0.3) is 0 Å². The van der Waals surface area contributed by atoms with Gasteiger partial charge in [-0.2, -0.15) is 0 Å². The summed E-state index contributed by atoms with van der Waals surface area (Å²) in [5.41, 5.74) is 9.73. The van der Waals surface area contributed by atoms with Crippen molar-refractivity contribution in [3.8, 4) is 16.8 Å². The Hall–Kier alpha value is -6.94. The Balaban J connectivity index is 1.11. The van der Waals surface area contributed by atoms with Crippen molar-refractivity contribution in [1.29, 1.82) is 0 Å². The lowest BCUT2D eigenvalue weighted by Crippen LogP contribution is -1.93. The zero-order valence-electron chi connectivity index (χ0n) is 29.6. The quantitative estimate of drug-likeness (QED) is 0.169. The fourth-order valence-corrected chi connectivity index (χ4v) is 10.8. The molecule has 9 aromatic carbocycles. The van der Waals surface area contributed by atoms with Crippen LogP contribution in [0.25, 0.3) is 118 Å². The Morgan fingerprint density at radius 3 is 1.60 bits per heavy atom. The van der Waals surface area contributed by atoms with E-state index in [2.05, 4.69) is 191 Å². The van der Waals surface area contributed by atoms with Gasteiger partial charge in [0.05, 0.1) is 27.6 Å². The first-order chi connectivity index (χ1) is 27.3. The van der Waals surface area contributed by atoms with E-state index in [-0.39, 0.29) is 0 Å². The Morgan fingerprint density at radius 1 is 0.327 bits per heavy atom. The molecule has 55 heavy (non-hydrogen) atoms. The summed E-state index contributed by atoms with van der Waals surface area (Å²) in [6.45, 7) is 0. The molecule has 0 N–H and O–H groups in total. The second-order valence-electron chi connectivity index (χ2n) is 14.9. The van der Waals surface area contributed by atoms with Gasteiger partial charge in [0.15, 0.2) is 0 Å². The lowest BCUT2D eigenvalue weighted by molar-refractivity contribution is 1.19. The van der Waals surface area contributed by atoms with Crippen molar-refractivity contribution in [2.24, 2.45) is 0 Å². The van der Waals surface area contributed by atoms with Crippen LogP contribution in [0.15, 0.2) is 182 Å². The van der Waals surface area contributed by atoms with Crippen LogP contribution in [-0.2, 0) is 0 Å². The van der Waals surface area contributed by atoms with E-state index in [4.69, 9.17) is 0 Å². The highest BCUT2D eigenvalue weighted by molar-refractivity contribution is 7.26. The monoisotopic (exact) mass is 714 g/mol. The SMILES string of the molecule is c1ccc2cc(-n3c4ccccc4c4cc(-c5ccc6c(c5)c5cccc7c8cccc9sc%10cccc(c%11ccccc%11n6c75)c%10c98)ccc43)ccc2c1. The Bertz CT molecular complexity index is 3780. The molecule has 254 valence electrons. The smallest absolute Gasteiger partial charge is 0.0619 e. The largest absolute Gasteiger partial charge is 0.309 e. The van der Waals surface area contributed by atoms with Crippen molar-refractivity contribution in [2.45, 2.75) is 0 Å². The molecule has 0 atom stereocenters. The molecule has 0 unspecified atom stereocenters. The normalized spacial score (nSPS) is 12.4. The van der Waals surface area contributed by atoms with Gasteiger partial charge in [-0.15, -0.1) is 11.3 Å². The summed E-state index contributed by atoms with van der Waals surface area (Å²) in [6, 6.07) is 67.9. The Morgan fingerprint density at radius 2 is 0.836 bits per heavy atom. The lowest BCUT2D eigenvalue weighted by Gasteiger charge is -2.10. The zero-order chi connectivity index (χ0) is 35.8. The maximum atomic E-state index is 2.53. The number of hydrogen-bond acceptors (Lipinski definition) is 1. The third-order valence-corrected chi connectivity index (χ3v) is 13.2. The Labute approximate surface area is 319 Å².